The third-order valence-electron chi connectivity index (χ3n) is 9.68. The zero-order valence-electron chi connectivity index (χ0n) is 29.8. The fourth-order valence-corrected chi connectivity index (χ4v) is 7.77. The molecule has 10 aromatic carbocycles. The SMILES string of the molecule is [2H]c1c([2H])c([2H])c(-c2ccc3ccc4c(-c5c6ccccc6c(-c6ccccc6)c6ccc7ccccc7c56)ccc5ccc2c3c54)c([2H])c1[2H]. The van der Waals surface area contributed by atoms with Crippen molar-refractivity contribution in [3.8, 4) is 33.4 Å². The molecule has 0 spiro atoms. The molecule has 0 heterocycles. The van der Waals surface area contributed by atoms with Gasteiger partial charge in [-0.25, -0.2) is 0 Å². The summed E-state index contributed by atoms with van der Waals surface area (Å²) in [6, 6.07) is 47.9. The van der Waals surface area contributed by atoms with E-state index in [2.05, 4.69) is 121 Å². The molecule has 0 aliphatic heterocycles. The van der Waals surface area contributed by atoms with E-state index in [0.717, 1.165) is 37.9 Å². The second-order valence-corrected chi connectivity index (χ2v) is 12.0. The minimum Gasteiger partial charge on any atom is -0.0622 e. The maximum absolute atomic E-state index is 8.78. The van der Waals surface area contributed by atoms with Crippen molar-refractivity contribution in [1.82, 2.24) is 0 Å². The van der Waals surface area contributed by atoms with E-state index < -0.39 is 0 Å². The lowest BCUT2D eigenvalue weighted by Crippen LogP contribution is -1.94. The van der Waals surface area contributed by atoms with E-state index in [9.17, 15) is 0 Å². The predicted octanol–water partition coefficient (Wildman–Crippen LogP) is 13.0. The Morgan fingerprint density at radius 3 is 1.59 bits per heavy atom. The molecule has 0 N–H and O–H groups in total. The van der Waals surface area contributed by atoms with E-state index in [1.54, 1.807) is 0 Å². The summed E-state index contributed by atoms with van der Waals surface area (Å²) < 4.78 is 42.5. The molecular formula is C46H28. The van der Waals surface area contributed by atoms with Gasteiger partial charge in [0.15, 0.2) is 0 Å². The van der Waals surface area contributed by atoms with Crippen molar-refractivity contribution in [3.05, 3.63) is 170 Å². The summed E-state index contributed by atoms with van der Waals surface area (Å²) in [7, 11) is 0. The second-order valence-electron chi connectivity index (χ2n) is 12.0. The molecule has 0 bridgehead atoms. The molecule has 46 heavy (non-hydrogen) atoms. The molecule has 0 amide bonds. The summed E-state index contributed by atoms with van der Waals surface area (Å²) in [5.74, 6) is 0. The lowest BCUT2D eigenvalue weighted by atomic mass is 9.81. The van der Waals surface area contributed by atoms with E-state index in [-0.39, 0.29) is 35.8 Å². The van der Waals surface area contributed by atoms with Crippen LogP contribution in [0.2, 0.25) is 0 Å². The van der Waals surface area contributed by atoms with Gasteiger partial charge < -0.3 is 0 Å². The summed E-state index contributed by atoms with van der Waals surface area (Å²) in [6.45, 7) is 0. The third kappa shape index (κ3) is 3.56. The molecule has 0 heteroatoms. The first-order valence-electron chi connectivity index (χ1n) is 18.1. The molecule has 0 radical (unpaired) electrons. The molecule has 10 rings (SSSR count). The van der Waals surface area contributed by atoms with Gasteiger partial charge in [0.25, 0.3) is 0 Å². The largest absolute Gasteiger partial charge is 0.0629 e. The average molecular weight is 586 g/mol. The third-order valence-corrected chi connectivity index (χ3v) is 9.68. The fourth-order valence-electron chi connectivity index (χ4n) is 7.77. The maximum atomic E-state index is 8.78. The summed E-state index contributed by atoms with van der Waals surface area (Å²) >= 11 is 0. The summed E-state index contributed by atoms with van der Waals surface area (Å²) in [5.41, 5.74) is 5.56. The van der Waals surface area contributed by atoms with Crippen LogP contribution < -0.4 is 0 Å². The summed E-state index contributed by atoms with van der Waals surface area (Å²) in [6.07, 6.45) is 0. The smallest absolute Gasteiger partial charge is 0.0622 e. The zero-order valence-corrected chi connectivity index (χ0v) is 24.8. The Hall–Kier alpha value is -5.98. The number of hydrogen-bond donors (Lipinski definition) is 0. The molecule has 0 nitrogen and oxygen atoms in total. The van der Waals surface area contributed by atoms with Gasteiger partial charge in [-0.05, 0) is 98.0 Å². The van der Waals surface area contributed by atoms with Gasteiger partial charge in [-0.15, -0.1) is 0 Å². The van der Waals surface area contributed by atoms with Crippen LogP contribution in [-0.2, 0) is 0 Å². The standard InChI is InChI=1S/C46H28/c1-3-11-29(12-4-1)34-24-20-32-22-26-39-40(27-23-33-21-25-38(34)43(32)44(33)39)46-37-18-10-9-17-36(37)42(31-14-5-2-6-15-31)41-28-19-30-13-7-8-16-35(30)45(41)46/h1-28H/i1D,3D,4D,11D,12D. The van der Waals surface area contributed by atoms with Gasteiger partial charge in [0.2, 0.25) is 0 Å². The van der Waals surface area contributed by atoms with E-state index >= 15 is 0 Å². The summed E-state index contributed by atoms with van der Waals surface area (Å²) in [4.78, 5) is 0. The van der Waals surface area contributed by atoms with Gasteiger partial charge >= 0.3 is 0 Å². The first kappa shape index (κ1) is 20.9. The van der Waals surface area contributed by atoms with E-state index in [4.69, 9.17) is 6.85 Å². The van der Waals surface area contributed by atoms with Crippen LogP contribution in [0, 0.1) is 0 Å². The van der Waals surface area contributed by atoms with Crippen LogP contribution in [-0.4, -0.2) is 0 Å². The molecule has 0 saturated carbocycles. The van der Waals surface area contributed by atoms with E-state index in [1.165, 1.54) is 49.0 Å². The quantitative estimate of drug-likeness (QED) is 0.143. The van der Waals surface area contributed by atoms with Gasteiger partial charge in [-0.2, -0.15) is 0 Å². The maximum Gasteiger partial charge on any atom is 0.0629 e. The van der Waals surface area contributed by atoms with Crippen LogP contribution in [0.5, 0.6) is 0 Å². The van der Waals surface area contributed by atoms with Crippen LogP contribution >= 0.6 is 0 Å². The van der Waals surface area contributed by atoms with Crippen molar-refractivity contribution in [1.29, 1.82) is 0 Å². The van der Waals surface area contributed by atoms with Gasteiger partial charge in [0, 0.05) is 0 Å². The molecule has 0 aliphatic rings. The minimum atomic E-state index is -0.388. The Balaban J connectivity index is 1.37. The molecular weight excluding hydrogens is 553 g/mol. The van der Waals surface area contributed by atoms with Crippen LogP contribution in [0.15, 0.2) is 170 Å². The lowest BCUT2D eigenvalue weighted by molar-refractivity contribution is 1.66. The molecule has 0 fully saturated rings. The van der Waals surface area contributed by atoms with Crippen LogP contribution in [0.1, 0.15) is 6.85 Å². The Labute approximate surface area is 274 Å². The molecule has 0 aromatic heterocycles. The average Bonchev–Trinajstić information content (AvgIpc) is 3.18. The lowest BCUT2D eigenvalue weighted by Gasteiger charge is -2.21. The van der Waals surface area contributed by atoms with Crippen LogP contribution in [0.4, 0.5) is 0 Å². The molecule has 10 aromatic rings. The molecule has 0 atom stereocenters. The normalized spacial score (nSPS) is 13.4. The van der Waals surface area contributed by atoms with E-state index in [1.807, 2.05) is 18.2 Å². The Bertz CT molecular complexity index is 3040. The van der Waals surface area contributed by atoms with Crippen molar-refractivity contribution in [2.45, 2.75) is 0 Å². The fraction of sp³-hybridized carbons (Fsp3) is 0. The van der Waals surface area contributed by atoms with Gasteiger partial charge in [0.05, 0.1) is 6.85 Å². The Morgan fingerprint density at radius 2 is 0.848 bits per heavy atom. The zero-order chi connectivity index (χ0) is 34.5. The highest BCUT2D eigenvalue weighted by Gasteiger charge is 2.21. The molecule has 0 unspecified atom stereocenters. The number of rotatable bonds is 3. The van der Waals surface area contributed by atoms with E-state index in [0.29, 0.717) is 5.56 Å². The van der Waals surface area contributed by atoms with Crippen molar-refractivity contribution >= 4 is 64.6 Å². The van der Waals surface area contributed by atoms with Gasteiger partial charge in [-0.1, -0.05) is 170 Å². The van der Waals surface area contributed by atoms with Crippen LogP contribution in [0.25, 0.3) is 98.0 Å². The second kappa shape index (κ2) is 9.76. The number of fused-ring (bicyclic) bond motifs is 4. The molecule has 212 valence electrons. The Kier molecular flexibility index (Phi) is 4.43. The molecule has 0 saturated heterocycles. The first-order valence-corrected chi connectivity index (χ1v) is 15.6. The van der Waals surface area contributed by atoms with Crippen LogP contribution in [0.3, 0.4) is 0 Å². The Morgan fingerprint density at radius 1 is 0.304 bits per heavy atom. The first-order chi connectivity index (χ1) is 24.9. The van der Waals surface area contributed by atoms with Crippen molar-refractivity contribution < 1.29 is 6.85 Å². The van der Waals surface area contributed by atoms with Crippen molar-refractivity contribution in [2.24, 2.45) is 0 Å². The van der Waals surface area contributed by atoms with Gasteiger partial charge in [0.1, 0.15) is 0 Å². The molecule has 0 aliphatic carbocycles. The number of hydrogen-bond acceptors (Lipinski definition) is 0. The highest BCUT2D eigenvalue weighted by molar-refractivity contribution is 6.33. The monoisotopic (exact) mass is 585 g/mol. The van der Waals surface area contributed by atoms with Crippen molar-refractivity contribution in [3.63, 3.8) is 0 Å². The predicted molar refractivity (Wildman–Crippen MR) is 199 cm³/mol. The van der Waals surface area contributed by atoms with Crippen molar-refractivity contribution in [2.75, 3.05) is 0 Å². The topological polar surface area (TPSA) is 0 Å². The summed E-state index contributed by atoms with van der Waals surface area (Å²) in [5, 5.41) is 13.4. The highest BCUT2D eigenvalue weighted by Crippen LogP contribution is 2.49. The number of benzene rings is 10. The highest BCUT2D eigenvalue weighted by atomic mass is 14.2. The van der Waals surface area contributed by atoms with Gasteiger partial charge in [-0.3, -0.25) is 0 Å². The minimum absolute atomic E-state index is 0.194.